The van der Waals surface area contributed by atoms with Crippen molar-refractivity contribution in [2.24, 2.45) is 0 Å². The van der Waals surface area contributed by atoms with E-state index in [1.165, 1.54) is 5.57 Å². The van der Waals surface area contributed by atoms with Crippen molar-refractivity contribution in [1.82, 2.24) is 0 Å². The van der Waals surface area contributed by atoms with Crippen LogP contribution in [0.2, 0.25) is 0 Å². The molecule has 15 heavy (non-hydrogen) atoms. The van der Waals surface area contributed by atoms with E-state index in [9.17, 15) is 0 Å². The molecule has 0 unspecified atom stereocenters. The largest absolute Gasteiger partial charge is 0.0914 e. The van der Waals surface area contributed by atoms with Crippen molar-refractivity contribution in [2.45, 2.75) is 54.9 Å². The molecular formula is C14H28V. The minimum Gasteiger partial charge on any atom is -0.0914 e. The molecule has 89 valence electrons. The van der Waals surface area contributed by atoms with Gasteiger partial charge in [-0.3, -0.25) is 0 Å². The number of rotatable bonds is 3. The summed E-state index contributed by atoms with van der Waals surface area (Å²) in [6, 6.07) is 0. The van der Waals surface area contributed by atoms with Crippen LogP contribution in [-0.4, -0.2) is 0 Å². The monoisotopic (exact) mass is 247 g/mol. The molecule has 0 aromatic carbocycles. The van der Waals surface area contributed by atoms with Crippen LogP contribution < -0.4 is 0 Å². The van der Waals surface area contributed by atoms with Crippen molar-refractivity contribution in [1.29, 1.82) is 0 Å². The standard InChI is InChI=1S/C10H16.2C2H6.V/c1-4-6-7-9-10(3)8-5-2;2*1-2;/h4-6,8-9H,7H2,1-3H3;2*1-2H3;/b6-4-,8-5-,10-9-;;;. The van der Waals surface area contributed by atoms with E-state index in [0.29, 0.717) is 0 Å². The van der Waals surface area contributed by atoms with Gasteiger partial charge in [-0.2, -0.15) is 0 Å². The van der Waals surface area contributed by atoms with E-state index in [-0.39, 0.29) is 18.6 Å². The first-order chi connectivity index (χ1) is 6.81. The van der Waals surface area contributed by atoms with Gasteiger partial charge in [0.2, 0.25) is 0 Å². The van der Waals surface area contributed by atoms with Gasteiger partial charge in [0.1, 0.15) is 0 Å². The Balaban J connectivity index is -0.000000107. The van der Waals surface area contributed by atoms with E-state index in [2.05, 4.69) is 37.3 Å². The normalized spacial score (nSPS) is 9.93. The van der Waals surface area contributed by atoms with Gasteiger partial charge in [0.25, 0.3) is 0 Å². The molecule has 0 aliphatic carbocycles. The fourth-order valence-corrected chi connectivity index (χ4v) is 0.721. The van der Waals surface area contributed by atoms with Crippen LogP contribution in [0.1, 0.15) is 54.9 Å². The van der Waals surface area contributed by atoms with Crippen LogP contribution in [0.4, 0.5) is 0 Å². The van der Waals surface area contributed by atoms with Gasteiger partial charge in [0.15, 0.2) is 0 Å². The van der Waals surface area contributed by atoms with Gasteiger partial charge >= 0.3 is 0 Å². The van der Waals surface area contributed by atoms with Crippen LogP contribution in [-0.2, 0) is 18.6 Å². The zero-order valence-electron chi connectivity index (χ0n) is 11.5. The summed E-state index contributed by atoms with van der Waals surface area (Å²) >= 11 is 0. The van der Waals surface area contributed by atoms with Crippen LogP contribution in [0, 0.1) is 0 Å². The second-order valence-electron chi connectivity index (χ2n) is 2.25. The molecule has 0 amide bonds. The molecule has 0 N–H and O–H groups in total. The Bertz CT molecular complexity index is 153. The first kappa shape index (κ1) is 24.2. The summed E-state index contributed by atoms with van der Waals surface area (Å²) in [4.78, 5) is 0. The first-order valence-corrected chi connectivity index (χ1v) is 5.72. The van der Waals surface area contributed by atoms with Crippen LogP contribution in [0.15, 0.2) is 36.0 Å². The van der Waals surface area contributed by atoms with Gasteiger partial charge in [-0.05, 0) is 27.2 Å². The number of allylic oxidation sites excluding steroid dienone is 6. The zero-order valence-corrected chi connectivity index (χ0v) is 12.9. The average molecular weight is 247 g/mol. The van der Waals surface area contributed by atoms with Crippen LogP contribution in [0.25, 0.3) is 0 Å². The van der Waals surface area contributed by atoms with Crippen molar-refractivity contribution in [3.63, 3.8) is 0 Å². The Morgan fingerprint density at radius 1 is 0.933 bits per heavy atom. The van der Waals surface area contributed by atoms with Crippen LogP contribution in [0.3, 0.4) is 0 Å². The van der Waals surface area contributed by atoms with E-state index < -0.39 is 0 Å². The Labute approximate surface area is 109 Å². The SMILES string of the molecule is C/C=C\C/C=C(C)\C=C/C.CC.CC.[V]. The molecule has 0 bridgehead atoms. The molecule has 0 saturated heterocycles. The van der Waals surface area contributed by atoms with Crippen molar-refractivity contribution >= 4 is 0 Å². The quantitative estimate of drug-likeness (QED) is 0.454. The third kappa shape index (κ3) is 31.6. The topological polar surface area (TPSA) is 0 Å². The van der Waals surface area contributed by atoms with Crippen molar-refractivity contribution < 1.29 is 18.6 Å². The van der Waals surface area contributed by atoms with E-state index in [1.807, 2.05) is 41.5 Å². The molecular weight excluding hydrogens is 219 g/mol. The van der Waals surface area contributed by atoms with Gasteiger partial charge in [0, 0.05) is 18.6 Å². The first-order valence-electron chi connectivity index (χ1n) is 5.72. The van der Waals surface area contributed by atoms with Crippen LogP contribution >= 0.6 is 0 Å². The fraction of sp³-hybridized carbons (Fsp3) is 0.571. The second-order valence-corrected chi connectivity index (χ2v) is 2.25. The number of hydrogen-bond acceptors (Lipinski definition) is 0. The maximum atomic E-state index is 2.21. The molecule has 0 fully saturated rings. The summed E-state index contributed by atoms with van der Waals surface area (Å²) in [6.45, 7) is 14.2. The minimum absolute atomic E-state index is 0. The Kier molecular flexibility index (Phi) is 47.0. The third-order valence-electron chi connectivity index (χ3n) is 1.24. The fourth-order valence-electron chi connectivity index (χ4n) is 0.721. The van der Waals surface area contributed by atoms with Crippen molar-refractivity contribution in [3.05, 3.63) is 36.0 Å². The third-order valence-corrected chi connectivity index (χ3v) is 1.24. The Hall–Kier alpha value is -0.196. The molecule has 0 saturated carbocycles. The summed E-state index contributed by atoms with van der Waals surface area (Å²) in [5.74, 6) is 0. The summed E-state index contributed by atoms with van der Waals surface area (Å²) in [5.41, 5.74) is 1.33. The molecule has 0 aliphatic heterocycles. The van der Waals surface area contributed by atoms with Crippen LogP contribution in [0.5, 0.6) is 0 Å². The molecule has 0 rings (SSSR count). The van der Waals surface area contributed by atoms with Gasteiger partial charge in [-0.15, -0.1) is 0 Å². The maximum absolute atomic E-state index is 2.21. The predicted molar refractivity (Wildman–Crippen MR) is 70.7 cm³/mol. The average Bonchev–Trinajstić information content (AvgIpc) is 2.25. The van der Waals surface area contributed by atoms with Crippen molar-refractivity contribution in [2.75, 3.05) is 0 Å². The van der Waals surface area contributed by atoms with E-state index >= 15 is 0 Å². The second kappa shape index (κ2) is 29.2. The van der Waals surface area contributed by atoms with E-state index in [0.717, 1.165) is 6.42 Å². The summed E-state index contributed by atoms with van der Waals surface area (Å²) in [7, 11) is 0. The number of hydrogen-bond donors (Lipinski definition) is 0. The zero-order chi connectivity index (χ0) is 11.8. The molecule has 0 aromatic heterocycles. The van der Waals surface area contributed by atoms with E-state index in [1.54, 1.807) is 0 Å². The Morgan fingerprint density at radius 2 is 1.40 bits per heavy atom. The van der Waals surface area contributed by atoms with Crippen molar-refractivity contribution in [3.8, 4) is 0 Å². The molecule has 1 radical (unpaired) electrons. The molecule has 0 aromatic rings. The summed E-state index contributed by atoms with van der Waals surface area (Å²) < 4.78 is 0. The van der Waals surface area contributed by atoms with Gasteiger partial charge < -0.3 is 0 Å². The molecule has 0 heterocycles. The molecule has 0 spiro atoms. The van der Waals surface area contributed by atoms with Gasteiger partial charge in [-0.25, -0.2) is 0 Å². The molecule has 0 atom stereocenters. The maximum Gasteiger partial charge on any atom is 0 e. The molecule has 0 aliphatic rings. The minimum atomic E-state index is 0. The molecule has 0 nitrogen and oxygen atoms in total. The van der Waals surface area contributed by atoms with E-state index in [4.69, 9.17) is 0 Å². The summed E-state index contributed by atoms with van der Waals surface area (Å²) in [5, 5.41) is 0. The summed E-state index contributed by atoms with van der Waals surface area (Å²) in [6.07, 6.45) is 11.6. The Morgan fingerprint density at radius 3 is 1.73 bits per heavy atom. The van der Waals surface area contributed by atoms with Gasteiger partial charge in [-0.1, -0.05) is 63.6 Å². The molecule has 1 heteroatoms. The smallest absolute Gasteiger partial charge is 0 e. The van der Waals surface area contributed by atoms with Gasteiger partial charge in [0.05, 0.1) is 0 Å². The predicted octanol–water partition coefficient (Wildman–Crippen LogP) is 5.52.